The highest BCUT2D eigenvalue weighted by Crippen LogP contribution is 2.29. The highest BCUT2D eigenvalue weighted by Gasteiger charge is 2.50. The minimum absolute atomic E-state index is 0.334. The molecule has 0 bridgehead atoms. The Morgan fingerprint density at radius 2 is 2.33 bits per heavy atom. The zero-order valence-corrected chi connectivity index (χ0v) is 5.00. The number of rotatable bonds is 2. The van der Waals surface area contributed by atoms with Crippen molar-refractivity contribution in [2.24, 2.45) is 0 Å². The summed E-state index contributed by atoms with van der Waals surface area (Å²) in [6, 6.07) is 0. The number of aliphatic hydroxyl groups excluding tert-OH is 1. The van der Waals surface area contributed by atoms with Gasteiger partial charge in [0, 0.05) is 0 Å². The lowest BCUT2D eigenvalue weighted by Crippen LogP contribution is -2.34. The molecular formula is C5H8O4. The predicted octanol–water partition coefficient (Wildman–Crippen LogP) is -0.779. The number of carboxylic acid groups (broad SMARTS) is 1. The van der Waals surface area contributed by atoms with Crippen molar-refractivity contribution in [3.8, 4) is 0 Å². The quantitative estimate of drug-likeness (QED) is 0.483. The molecule has 0 spiro atoms. The van der Waals surface area contributed by atoms with Gasteiger partial charge in [0.25, 0.3) is 0 Å². The average Bonchev–Trinajstić information content (AvgIpc) is 2.47. The number of aliphatic carboxylic acids is 1. The Bertz CT molecular complexity index is 138. The Labute approximate surface area is 52.1 Å². The van der Waals surface area contributed by atoms with Crippen LogP contribution in [0.2, 0.25) is 0 Å². The second-order valence-corrected chi connectivity index (χ2v) is 2.34. The molecule has 1 heterocycles. The molecule has 0 aromatic carbocycles. The topological polar surface area (TPSA) is 70.1 Å². The van der Waals surface area contributed by atoms with E-state index in [-0.39, 0.29) is 0 Å². The molecule has 9 heavy (non-hydrogen) atoms. The fraction of sp³-hybridized carbons (Fsp3) is 0.800. The van der Waals surface area contributed by atoms with E-state index in [1.165, 1.54) is 0 Å². The zero-order chi connectivity index (χ0) is 7.07. The van der Waals surface area contributed by atoms with E-state index >= 15 is 0 Å². The highest BCUT2D eigenvalue weighted by molar-refractivity contribution is 5.74. The monoisotopic (exact) mass is 132 g/mol. The molecule has 1 saturated heterocycles. The Kier molecular flexibility index (Phi) is 1.22. The summed E-state index contributed by atoms with van der Waals surface area (Å²) in [4.78, 5) is 10.1. The number of aliphatic hydroxyl groups is 1. The molecule has 1 rings (SSSR count). The lowest BCUT2D eigenvalue weighted by atomic mass is 10.1. The lowest BCUT2D eigenvalue weighted by Gasteiger charge is -2.07. The first-order valence-electron chi connectivity index (χ1n) is 2.61. The SMILES string of the molecule is C[C@@]1([C@H](O)C(=O)O)CO1. The molecule has 52 valence electrons. The Balaban J connectivity index is 2.52. The first kappa shape index (κ1) is 6.51. The van der Waals surface area contributed by atoms with Gasteiger partial charge in [0.15, 0.2) is 6.10 Å². The summed E-state index contributed by atoms with van der Waals surface area (Å²) in [5, 5.41) is 17.0. The molecule has 1 aliphatic heterocycles. The van der Waals surface area contributed by atoms with E-state index < -0.39 is 17.7 Å². The molecule has 0 radical (unpaired) electrons. The molecule has 0 aromatic heterocycles. The van der Waals surface area contributed by atoms with Gasteiger partial charge < -0.3 is 14.9 Å². The maximum atomic E-state index is 10.1. The number of hydrogen-bond acceptors (Lipinski definition) is 3. The molecule has 4 nitrogen and oxygen atoms in total. The first-order valence-corrected chi connectivity index (χ1v) is 2.61. The fourth-order valence-electron chi connectivity index (χ4n) is 0.533. The van der Waals surface area contributed by atoms with Crippen LogP contribution in [0.25, 0.3) is 0 Å². The third kappa shape index (κ3) is 1.04. The summed E-state index contributed by atoms with van der Waals surface area (Å²) < 4.78 is 4.69. The van der Waals surface area contributed by atoms with Crippen LogP contribution < -0.4 is 0 Å². The van der Waals surface area contributed by atoms with Gasteiger partial charge in [-0.1, -0.05) is 0 Å². The van der Waals surface area contributed by atoms with Gasteiger partial charge >= 0.3 is 5.97 Å². The number of epoxide rings is 1. The van der Waals surface area contributed by atoms with Crippen molar-refractivity contribution in [3.05, 3.63) is 0 Å². The fourth-order valence-corrected chi connectivity index (χ4v) is 0.533. The van der Waals surface area contributed by atoms with E-state index in [9.17, 15) is 4.79 Å². The molecule has 1 fully saturated rings. The molecule has 4 heteroatoms. The first-order chi connectivity index (χ1) is 4.06. The van der Waals surface area contributed by atoms with Crippen LogP contribution in [-0.2, 0) is 9.53 Å². The maximum Gasteiger partial charge on any atom is 0.335 e. The normalized spacial score (nSPS) is 35.8. The third-order valence-corrected chi connectivity index (χ3v) is 1.41. The van der Waals surface area contributed by atoms with Gasteiger partial charge in [0.05, 0.1) is 6.61 Å². The second kappa shape index (κ2) is 1.68. The van der Waals surface area contributed by atoms with Crippen molar-refractivity contribution in [2.75, 3.05) is 6.61 Å². The zero-order valence-electron chi connectivity index (χ0n) is 5.00. The second-order valence-electron chi connectivity index (χ2n) is 2.34. The van der Waals surface area contributed by atoms with E-state index in [2.05, 4.69) is 4.74 Å². The standard InChI is InChI=1S/C5H8O4/c1-5(2-9-5)3(6)4(7)8/h3,6H,2H2,1H3,(H,7,8)/t3-,5+/m1/s1. The average molecular weight is 132 g/mol. The molecular weight excluding hydrogens is 124 g/mol. The van der Waals surface area contributed by atoms with Crippen molar-refractivity contribution < 1.29 is 19.7 Å². The number of hydrogen-bond donors (Lipinski definition) is 2. The van der Waals surface area contributed by atoms with Crippen molar-refractivity contribution in [3.63, 3.8) is 0 Å². The molecule has 0 aliphatic carbocycles. The lowest BCUT2D eigenvalue weighted by molar-refractivity contribution is -0.149. The molecule has 2 N–H and O–H groups in total. The Morgan fingerprint density at radius 1 is 1.89 bits per heavy atom. The number of carbonyl (C=O) groups is 1. The molecule has 0 saturated carbocycles. The molecule has 0 unspecified atom stereocenters. The molecule has 0 aromatic rings. The summed E-state index contributed by atoms with van der Waals surface area (Å²) in [6.07, 6.45) is -1.38. The Hall–Kier alpha value is -0.610. The van der Waals surface area contributed by atoms with E-state index in [1.54, 1.807) is 6.92 Å². The number of carboxylic acids is 1. The van der Waals surface area contributed by atoms with Crippen molar-refractivity contribution in [1.29, 1.82) is 0 Å². The summed E-state index contributed by atoms with van der Waals surface area (Å²) in [6.45, 7) is 1.90. The van der Waals surface area contributed by atoms with Crippen molar-refractivity contribution in [1.82, 2.24) is 0 Å². The molecule has 1 aliphatic rings. The van der Waals surface area contributed by atoms with Crippen LogP contribution in [0.3, 0.4) is 0 Å². The van der Waals surface area contributed by atoms with Crippen LogP contribution in [-0.4, -0.2) is 34.5 Å². The Morgan fingerprint density at radius 3 is 2.44 bits per heavy atom. The highest BCUT2D eigenvalue weighted by atomic mass is 16.6. The van der Waals surface area contributed by atoms with Crippen LogP contribution in [0.4, 0.5) is 0 Å². The summed E-state index contributed by atoms with van der Waals surface area (Å²) in [5.74, 6) is -1.23. The predicted molar refractivity (Wildman–Crippen MR) is 28.0 cm³/mol. The van der Waals surface area contributed by atoms with E-state index in [0.29, 0.717) is 6.61 Å². The van der Waals surface area contributed by atoms with Crippen LogP contribution in [0, 0.1) is 0 Å². The van der Waals surface area contributed by atoms with Crippen molar-refractivity contribution in [2.45, 2.75) is 18.6 Å². The van der Waals surface area contributed by atoms with Crippen LogP contribution in [0.15, 0.2) is 0 Å². The van der Waals surface area contributed by atoms with Crippen LogP contribution >= 0.6 is 0 Å². The smallest absolute Gasteiger partial charge is 0.335 e. The summed E-state index contributed by atoms with van der Waals surface area (Å²) in [5.41, 5.74) is -0.814. The van der Waals surface area contributed by atoms with Gasteiger partial charge in [0.2, 0.25) is 0 Å². The minimum atomic E-state index is -1.38. The largest absolute Gasteiger partial charge is 0.479 e. The van der Waals surface area contributed by atoms with Gasteiger partial charge in [-0.05, 0) is 6.92 Å². The molecule has 0 amide bonds. The third-order valence-electron chi connectivity index (χ3n) is 1.41. The van der Waals surface area contributed by atoms with Gasteiger partial charge in [0.1, 0.15) is 5.60 Å². The summed E-state index contributed by atoms with van der Waals surface area (Å²) >= 11 is 0. The summed E-state index contributed by atoms with van der Waals surface area (Å²) in [7, 11) is 0. The van der Waals surface area contributed by atoms with Crippen LogP contribution in [0.1, 0.15) is 6.92 Å². The van der Waals surface area contributed by atoms with Crippen LogP contribution in [0.5, 0.6) is 0 Å². The van der Waals surface area contributed by atoms with E-state index in [1.807, 2.05) is 0 Å². The van der Waals surface area contributed by atoms with E-state index in [0.717, 1.165) is 0 Å². The maximum absolute atomic E-state index is 10.1. The van der Waals surface area contributed by atoms with Gasteiger partial charge in [-0.25, -0.2) is 4.79 Å². The number of ether oxygens (including phenoxy) is 1. The van der Waals surface area contributed by atoms with E-state index in [4.69, 9.17) is 10.2 Å². The van der Waals surface area contributed by atoms with Gasteiger partial charge in [-0.3, -0.25) is 0 Å². The van der Waals surface area contributed by atoms with Gasteiger partial charge in [-0.2, -0.15) is 0 Å². The minimum Gasteiger partial charge on any atom is -0.479 e. The molecule has 2 atom stereocenters. The van der Waals surface area contributed by atoms with Gasteiger partial charge in [-0.15, -0.1) is 0 Å². The van der Waals surface area contributed by atoms with Crippen molar-refractivity contribution >= 4 is 5.97 Å².